The first-order valence-electron chi connectivity index (χ1n) is 6.14. The lowest BCUT2D eigenvalue weighted by atomic mass is 10.0. The summed E-state index contributed by atoms with van der Waals surface area (Å²) < 4.78 is 5.78. The largest absolute Gasteiger partial charge is 0.455 e. The number of nitrogens with zero attached hydrogens (tertiary/aromatic N) is 1. The monoisotopic (exact) mass is 255 g/mol. The summed E-state index contributed by atoms with van der Waals surface area (Å²) >= 11 is 0. The normalized spacial score (nSPS) is 10.5. The number of ether oxygens (including phenoxy) is 1. The Labute approximate surface area is 112 Å². The third kappa shape index (κ3) is 3.10. The topological polar surface area (TPSA) is 72.0 Å². The van der Waals surface area contributed by atoms with Gasteiger partial charge in [0.25, 0.3) is 0 Å². The number of aromatic nitrogens is 1. The van der Waals surface area contributed by atoms with Crippen LogP contribution in [-0.4, -0.2) is 10.8 Å². The summed E-state index contributed by atoms with van der Waals surface area (Å²) in [4.78, 5) is 4.00. The molecule has 4 nitrogen and oxygen atoms in total. The van der Waals surface area contributed by atoms with Gasteiger partial charge in [-0.2, -0.15) is 0 Å². The highest BCUT2D eigenvalue weighted by molar-refractivity contribution is 5.97. The molecule has 0 atom stereocenters. The second-order valence-electron chi connectivity index (χ2n) is 4.61. The van der Waals surface area contributed by atoms with Gasteiger partial charge in [0.1, 0.15) is 11.6 Å². The number of nitrogen functional groups attached to an aromatic ring is 1. The van der Waals surface area contributed by atoms with Crippen LogP contribution in [0.5, 0.6) is 11.5 Å². The molecule has 0 bridgehead atoms. The number of hydrogen-bond donors (Lipinski definition) is 2. The number of rotatable bonds is 4. The summed E-state index contributed by atoms with van der Waals surface area (Å²) in [5.74, 6) is 1.62. The van der Waals surface area contributed by atoms with Gasteiger partial charge in [0.15, 0.2) is 5.75 Å². The highest BCUT2D eigenvalue weighted by Crippen LogP contribution is 2.26. The molecule has 0 fully saturated rings. The molecule has 98 valence electrons. The van der Waals surface area contributed by atoms with E-state index in [0.29, 0.717) is 17.2 Å². The van der Waals surface area contributed by atoms with Gasteiger partial charge < -0.3 is 10.5 Å². The molecule has 2 rings (SSSR count). The minimum absolute atomic E-state index is 0.0302. The average Bonchev–Trinajstić information content (AvgIpc) is 2.39. The molecule has 0 saturated heterocycles. The maximum Gasteiger partial charge on any atom is 0.156 e. The number of amidine groups is 1. The zero-order chi connectivity index (χ0) is 13.8. The van der Waals surface area contributed by atoms with E-state index in [1.807, 2.05) is 18.2 Å². The Kier molecular flexibility index (Phi) is 3.80. The van der Waals surface area contributed by atoms with Crippen LogP contribution in [0.4, 0.5) is 0 Å². The summed E-state index contributed by atoms with van der Waals surface area (Å²) in [7, 11) is 0. The Balaban J connectivity index is 2.31. The minimum Gasteiger partial charge on any atom is -0.455 e. The molecule has 0 aliphatic heterocycles. The Morgan fingerprint density at radius 1 is 1.32 bits per heavy atom. The van der Waals surface area contributed by atoms with Crippen LogP contribution in [-0.2, 0) is 0 Å². The van der Waals surface area contributed by atoms with E-state index in [-0.39, 0.29) is 5.84 Å². The van der Waals surface area contributed by atoms with Crippen molar-refractivity contribution in [1.82, 2.24) is 4.98 Å². The molecular weight excluding hydrogens is 238 g/mol. The number of benzene rings is 1. The van der Waals surface area contributed by atoms with E-state index in [1.54, 1.807) is 18.5 Å². The molecule has 1 aromatic carbocycles. The molecule has 2 aromatic rings. The predicted molar refractivity (Wildman–Crippen MR) is 75.9 cm³/mol. The zero-order valence-electron chi connectivity index (χ0n) is 11.1. The maximum absolute atomic E-state index is 7.52. The molecule has 4 heteroatoms. The van der Waals surface area contributed by atoms with Crippen molar-refractivity contribution in [2.45, 2.75) is 19.8 Å². The van der Waals surface area contributed by atoms with E-state index < -0.39 is 0 Å². The summed E-state index contributed by atoms with van der Waals surface area (Å²) in [5, 5.41) is 7.52. The van der Waals surface area contributed by atoms with Gasteiger partial charge in [-0.3, -0.25) is 10.4 Å². The zero-order valence-corrected chi connectivity index (χ0v) is 11.1. The lowest BCUT2D eigenvalue weighted by Crippen LogP contribution is -2.12. The minimum atomic E-state index is -0.0302. The average molecular weight is 255 g/mol. The van der Waals surface area contributed by atoms with Crippen LogP contribution in [0.1, 0.15) is 30.9 Å². The SMILES string of the molecule is CC(C)c1cccc(Oc2cnccc2C(=N)N)c1. The number of pyridine rings is 1. The van der Waals surface area contributed by atoms with Gasteiger partial charge in [-0.15, -0.1) is 0 Å². The first kappa shape index (κ1) is 13.1. The predicted octanol–water partition coefficient (Wildman–Crippen LogP) is 3.28. The van der Waals surface area contributed by atoms with Crippen molar-refractivity contribution in [3.8, 4) is 11.5 Å². The Morgan fingerprint density at radius 2 is 2.11 bits per heavy atom. The van der Waals surface area contributed by atoms with Gasteiger partial charge in [0.2, 0.25) is 0 Å². The molecule has 0 radical (unpaired) electrons. The van der Waals surface area contributed by atoms with Crippen molar-refractivity contribution in [3.63, 3.8) is 0 Å². The summed E-state index contributed by atoms with van der Waals surface area (Å²) in [6, 6.07) is 9.55. The van der Waals surface area contributed by atoms with Gasteiger partial charge in [-0.05, 0) is 29.7 Å². The smallest absolute Gasteiger partial charge is 0.156 e. The molecule has 0 aliphatic carbocycles. The van der Waals surface area contributed by atoms with Crippen LogP contribution in [0.3, 0.4) is 0 Å². The highest BCUT2D eigenvalue weighted by atomic mass is 16.5. The van der Waals surface area contributed by atoms with Crippen LogP contribution in [0.25, 0.3) is 0 Å². The van der Waals surface area contributed by atoms with Crippen molar-refractivity contribution < 1.29 is 4.74 Å². The second-order valence-corrected chi connectivity index (χ2v) is 4.61. The Bertz CT molecular complexity index is 593. The third-order valence-electron chi connectivity index (χ3n) is 2.83. The second kappa shape index (κ2) is 5.52. The first-order valence-corrected chi connectivity index (χ1v) is 6.14. The van der Waals surface area contributed by atoms with Crippen LogP contribution in [0.2, 0.25) is 0 Å². The van der Waals surface area contributed by atoms with Crippen molar-refractivity contribution in [2.75, 3.05) is 0 Å². The molecule has 0 spiro atoms. The fraction of sp³-hybridized carbons (Fsp3) is 0.200. The summed E-state index contributed by atoms with van der Waals surface area (Å²) in [6.07, 6.45) is 3.16. The van der Waals surface area contributed by atoms with E-state index in [1.165, 1.54) is 5.56 Å². The van der Waals surface area contributed by atoms with E-state index in [9.17, 15) is 0 Å². The molecular formula is C15H17N3O. The summed E-state index contributed by atoms with van der Waals surface area (Å²) in [5.41, 5.74) is 7.27. The maximum atomic E-state index is 7.52. The lowest BCUT2D eigenvalue weighted by Gasteiger charge is -2.11. The van der Waals surface area contributed by atoms with Crippen molar-refractivity contribution in [2.24, 2.45) is 5.73 Å². The Morgan fingerprint density at radius 3 is 2.79 bits per heavy atom. The fourth-order valence-electron chi connectivity index (χ4n) is 1.75. The van der Waals surface area contributed by atoms with Gasteiger partial charge in [0, 0.05) is 6.20 Å². The third-order valence-corrected chi connectivity index (χ3v) is 2.83. The standard InChI is InChI=1S/C15H17N3O/c1-10(2)11-4-3-5-12(8-11)19-14-9-18-7-6-13(14)15(16)17/h3-10H,1-2H3,(H3,16,17). The van der Waals surface area contributed by atoms with E-state index in [0.717, 1.165) is 5.75 Å². The van der Waals surface area contributed by atoms with E-state index in [2.05, 4.69) is 24.9 Å². The molecule has 0 aliphatic rings. The van der Waals surface area contributed by atoms with Gasteiger partial charge in [0.05, 0.1) is 11.8 Å². The number of nitrogens with one attached hydrogen (secondary N) is 1. The van der Waals surface area contributed by atoms with Crippen molar-refractivity contribution >= 4 is 5.84 Å². The quantitative estimate of drug-likeness (QED) is 0.650. The Hall–Kier alpha value is -2.36. The summed E-state index contributed by atoms with van der Waals surface area (Å²) in [6.45, 7) is 4.26. The molecule has 0 saturated carbocycles. The van der Waals surface area contributed by atoms with Gasteiger partial charge >= 0.3 is 0 Å². The van der Waals surface area contributed by atoms with Crippen LogP contribution in [0, 0.1) is 5.41 Å². The molecule has 19 heavy (non-hydrogen) atoms. The fourth-order valence-corrected chi connectivity index (χ4v) is 1.75. The highest BCUT2D eigenvalue weighted by Gasteiger charge is 2.08. The molecule has 1 aromatic heterocycles. The van der Waals surface area contributed by atoms with Crippen molar-refractivity contribution in [1.29, 1.82) is 5.41 Å². The first-order chi connectivity index (χ1) is 9.08. The number of hydrogen-bond acceptors (Lipinski definition) is 3. The van der Waals surface area contributed by atoms with Gasteiger partial charge in [-0.1, -0.05) is 26.0 Å². The van der Waals surface area contributed by atoms with Gasteiger partial charge in [-0.25, -0.2) is 0 Å². The molecule has 0 amide bonds. The molecule has 0 unspecified atom stereocenters. The van der Waals surface area contributed by atoms with Crippen LogP contribution >= 0.6 is 0 Å². The number of nitrogens with two attached hydrogens (primary N) is 1. The van der Waals surface area contributed by atoms with E-state index >= 15 is 0 Å². The van der Waals surface area contributed by atoms with E-state index in [4.69, 9.17) is 15.9 Å². The molecule has 3 N–H and O–H groups in total. The van der Waals surface area contributed by atoms with Crippen LogP contribution in [0.15, 0.2) is 42.7 Å². The molecule has 1 heterocycles. The van der Waals surface area contributed by atoms with Crippen LogP contribution < -0.4 is 10.5 Å². The lowest BCUT2D eigenvalue weighted by molar-refractivity contribution is 0.478. The van der Waals surface area contributed by atoms with Crippen molar-refractivity contribution in [3.05, 3.63) is 53.9 Å².